The van der Waals surface area contributed by atoms with Gasteiger partial charge < -0.3 is 9.51 Å². The van der Waals surface area contributed by atoms with Gasteiger partial charge in [0.15, 0.2) is 0 Å². The summed E-state index contributed by atoms with van der Waals surface area (Å²) in [5.74, 6) is 1.91. The van der Waals surface area contributed by atoms with Gasteiger partial charge in [-0.05, 0) is 37.3 Å². The van der Waals surface area contributed by atoms with Crippen molar-refractivity contribution in [3.63, 3.8) is 0 Å². The molecule has 6 heteroatoms. The van der Waals surface area contributed by atoms with Crippen LogP contribution in [0.1, 0.15) is 5.56 Å². The van der Waals surface area contributed by atoms with Crippen LogP contribution in [-0.2, 0) is 0 Å². The molecule has 0 radical (unpaired) electrons. The maximum atomic E-state index is 5.43. The van der Waals surface area contributed by atoms with Crippen molar-refractivity contribution < 1.29 is 4.52 Å². The molecule has 3 aromatic carbocycles. The van der Waals surface area contributed by atoms with Crippen LogP contribution in [0.3, 0.4) is 0 Å². The van der Waals surface area contributed by atoms with Gasteiger partial charge in [0.2, 0.25) is 5.82 Å². The molecule has 0 saturated heterocycles. The molecule has 2 aromatic heterocycles. The Labute approximate surface area is 169 Å². The number of hydrogen-bond donors (Lipinski definition) is 1. The lowest BCUT2D eigenvalue weighted by Gasteiger charge is -1.98. The van der Waals surface area contributed by atoms with E-state index in [-0.39, 0.29) is 0 Å². The van der Waals surface area contributed by atoms with E-state index in [1.807, 2.05) is 73.7 Å². The summed E-state index contributed by atoms with van der Waals surface area (Å²) in [6, 6.07) is 22.0. The van der Waals surface area contributed by atoms with Gasteiger partial charge in [-0.3, -0.25) is 0 Å². The van der Waals surface area contributed by atoms with Crippen molar-refractivity contribution in [3.8, 4) is 34.2 Å². The average Bonchev–Trinajstić information content (AvgIpc) is 3.36. The summed E-state index contributed by atoms with van der Waals surface area (Å²) in [5, 5.41) is 4.12. The van der Waals surface area contributed by atoms with Crippen LogP contribution in [0.2, 0.25) is 0 Å². The maximum Gasteiger partial charge on any atom is 0.258 e. The van der Waals surface area contributed by atoms with E-state index >= 15 is 0 Å². The highest BCUT2D eigenvalue weighted by atomic mass is 79.9. The van der Waals surface area contributed by atoms with Gasteiger partial charge in [0.25, 0.3) is 5.89 Å². The molecule has 0 spiro atoms. The zero-order chi connectivity index (χ0) is 19.1. The van der Waals surface area contributed by atoms with Crippen molar-refractivity contribution in [2.45, 2.75) is 6.92 Å². The summed E-state index contributed by atoms with van der Waals surface area (Å²) in [5.41, 5.74) is 5.92. The third-order valence-corrected chi connectivity index (χ3v) is 5.08. The molecule has 0 amide bonds. The van der Waals surface area contributed by atoms with Crippen molar-refractivity contribution in [3.05, 3.63) is 76.8 Å². The van der Waals surface area contributed by atoms with Gasteiger partial charge in [-0.25, -0.2) is 4.98 Å². The number of aromatic nitrogens is 4. The van der Waals surface area contributed by atoms with E-state index < -0.39 is 0 Å². The first-order valence-electron chi connectivity index (χ1n) is 8.82. The largest absolute Gasteiger partial charge is 0.338 e. The summed E-state index contributed by atoms with van der Waals surface area (Å²) in [6.45, 7) is 2.05. The molecule has 0 aliphatic rings. The Kier molecular flexibility index (Phi) is 4.06. The Hall–Kier alpha value is -3.25. The molecule has 1 N–H and O–H groups in total. The molecule has 5 nitrogen and oxygen atoms in total. The Morgan fingerprint density at radius 1 is 0.821 bits per heavy atom. The van der Waals surface area contributed by atoms with E-state index in [4.69, 9.17) is 4.52 Å². The fraction of sp³-hybridized carbons (Fsp3) is 0.0455. The lowest BCUT2D eigenvalue weighted by molar-refractivity contribution is 0.432. The molecule has 136 valence electrons. The van der Waals surface area contributed by atoms with Crippen LogP contribution in [0.5, 0.6) is 0 Å². The van der Waals surface area contributed by atoms with Crippen LogP contribution in [0.15, 0.2) is 75.7 Å². The van der Waals surface area contributed by atoms with Gasteiger partial charge in [-0.2, -0.15) is 4.98 Å². The number of hydrogen-bond acceptors (Lipinski definition) is 4. The molecule has 5 aromatic rings. The van der Waals surface area contributed by atoms with Crippen molar-refractivity contribution in [2.75, 3.05) is 0 Å². The first kappa shape index (κ1) is 16.9. The zero-order valence-corrected chi connectivity index (χ0v) is 16.6. The number of H-pyrrole nitrogens is 1. The third-order valence-electron chi connectivity index (χ3n) is 4.59. The topological polar surface area (TPSA) is 67.6 Å². The lowest BCUT2D eigenvalue weighted by atomic mass is 10.1. The summed E-state index contributed by atoms with van der Waals surface area (Å²) < 4.78 is 6.44. The predicted molar refractivity (Wildman–Crippen MR) is 113 cm³/mol. The molecule has 0 aliphatic heterocycles. The van der Waals surface area contributed by atoms with Gasteiger partial charge >= 0.3 is 0 Å². The van der Waals surface area contributed by atoms with Gasteiger partial charge in [-0.15, -0.1) is 0 Å². The minimum Gasteiger partial charge on any atom is -0.338 e. The van der Waals surface area contributed by atoms with Gasteiger partial charge in [0.1, 0.15) is 5.82 Å². The van der Waals surface area contributed by atoms with E-state index in [2.05, 4.69) is 36.0 Å². The third kappa shape index (κ3) is 3.12. The summed E-state index contributed by atoms with van der Waals surface area (Å²) in [6.07, 6.45) is 0. The monoisotopic (exact) mass is 430 g/mol. The molecular formula is C22H15BrN4O. The number of nitrogens with one attached hydrogen (secondary N) is 1. The fourth-order valence-corrected chi connectivity index (χ4v) is 3.40. The number of nitrogens with zero attached hydrogens (tertiary/aromatic N) is 3. The van der Waals surface area contributed by atoms with Crippen molar-refractivity contribution in [1.82, 2.24) is 20.1 Å². The SMILES string of the molecule is Cc1ccc(-c2nc(-c3ccc(-c4nc5cc(Br)ccc5[nH]4)cc3)no2)cc1. The molecule has 0 aliphatic carbocycles. The quantitative estimate of drug-likeness (QED) is 0.380. The van der Waals surface area contributed by atoms with Crippen LogP contribution in [0.4, 0.5) is 0 Å². The number of rotatable bonds is 3. The van der Waals surface area contributed by atoms with Crippen molar-refractivity contribution in [2.24, 2.45) is 0 Å². The van der Waals surface area contributed by atoms with Crippen LogP contribution < -0.4 is 0 Å². The van der Waals surface area contributed by atoms with E-state index in [1.165, 1.54) is 5.56 Å². The Balaban J connectivity index is 1.44. The predicted octanol–water partition coefficient (Wildman–Crippen LogP) is 6.02. The molecule has 0 saturated carbocycles. The number of fused-ring (bicyclic) bond motifs is 1. The molecule has 28 heavy (non-hydrogen) atoms. The van der Waals surface area contributed by atoms with Crippen molar-refractivity contribution in [1.29, 1.82) is 0 Å². The average molecular weight is 431 g/mol. The normalized spacial score (nSPS) is 11.2. The fourth-order valence-electron chi connectivity index (χ4n) is 3.05. The smallest absolute Gasteiger partial charge is 0.258 e. The van der Waals surface area contributed by atoms with Crippen LogP contribution in [-0.4, -0.2) is 20.1 Å². The zero-order valence-electron chi connectivity index (χ0n) is 15.0. The highest BCUT2D eigenvalue weighted by Gasteiger charge is 2.11. The number of imidazole rings is 1. The van der Waals surface area contributed by atoms with Crippen LogP contribution in [0.25, 0.3) is 45.3 Å². The van der Waals surface area contributed by atoms with Gasteiger partial charge in [-0.1, -0.05) is 63.0 Å². The Morgan fingerprint density at radius 2 is 1.54 bits per heavy atom. The van der Waals surface area contributed by atoms with E-state index in [9.17, 15) is 0 Å². The van der Waals surface area contributed by atoms with E-state index in [0.717, 1.165) is 38.0 Å². The summed E-state index contributed by atoms with van der Waals surface area (Å²) >= 11 is 3.48. The van der Waals surface area contributed by atoms with Gasteiger partial charge in [0.05, 0.1) is 11.0 Å². The highest BCUT2D eigenvalue weighted by Crippen LogP contribution is 2.26. The maximum absolute atomic E-state index is 5.43. The molecule has 0 atom stereocenters. The number of aromatic amines is 1. The molecular weight excluding hydrogens is 416 g/mol. The number of benzene rings is 3. The second-order valence-corrected chi connectivity index (χ2v) is 7.53. The summed E-state index contributed by atoms with van der Waals surface area (Å²) in [7, 11) is 0. The van der Waals surface area contributed by atoms with Crippen LogP contribution >= 0.6 is 15.9 Å². The van der Waals surface area contributed by atoms with Crippen molar-refractivity contribution >= 4 is 27.0 Å². The number of aryl methyl sites for hydroxylation is 1. The molecule has 2 heterocycles. The second kappa shape index (κ2) is 6.73. The minimum atomic E-state index is 0.516. The Morgan fingerprint density at radius 3 is 2.32 bits per heavy atom. The first-order valence-corrected chi connectivity index (χ1v) is 9.62. The highest BCUT2D eigenvalue weighted by molar-refractivity contribution is 9.10. The summed E-state index contributed by atoms with van der Waals surface area (Å²) in [4.78, 5) is 12.5. The molecule has 0 bridgehead atoms. The minimum absolute atomic E-state index is 0.516. The van der Waals surface area contributed by atoms with E-state index in [0.29, 0.717) is 11.7 Å². The second-order valence-electron chi connectivity index (χ2n) is 6.61. The van der Waals surface area contributed by atoms with E-state index in [1.54, 1.807) is 0 Å². The standard InChI is InChI=1S/C22H15BrN4O/c1-13-2-4-16(5-3-13)22-26-21(27-28-22)15-8-6-14(7-9-15)20-24-18-11-10-17(23)12-19(18)25-20/h2-12H,1H3,(H,24,25). The lowest BCUT2D eigenvalue weighted by Crippen LogP contribution is -1.84. The molecule has 0 unspecified atom stereocenters. The Bertz CT molecular complexity index is 1270. The molecule has 5 rings (SSSR count). The molecule has 0 fully saturated rings. The number of halogens is 1. The van der Waals surface area contributed by atoms with Gasteiger partial charge in [0, 0.05) is 21.2 Å². The first-order chi connectivity index (χ1) is 13.7. The van der Waals surface area contributed by atoms with Crippen LogP contribution in [0, 0.1) is 6.92 Å².